The third-order valence-corrected chi connectivity index (χ3v) is 6.05. The Balaban J connectivity index is 1.70. The number of halogens is 1. The van der Waals surface area contributed by atoms with Crippen LogP contribution in [0, 0.1) is 0 Å². The second kappa shape index (κ2) is 9.71. The number of amides is 1. The van der Waals surface area contributed by atoms with Crippen molar-refractivity contribution in [1.82, 2.24) is 10.2 Å². The molecular formula is C21H25ClN2O4S. The molecule has 1 amide bonds. The normalized spacial score (nSPS) is 16.3. The molecule has 1 N–H and O–H groups in total. The van der Waals surface area contributed by atoms with Crippen molar-refractivity contribution in [3.63, 3.8) is 0 Å². The van der Waals surface area contributed by atoms with E-state index in [-0.39, 0.29) is 17.7 Å². The van der Waals surface area contributed by atoms with Gasteiger partial charge in [0.05, 0.1) is 25.0 Å². The Morgan fingerprint density at radius 2 is 1.79 bits per heavy atom. The lowest BCUT2D eigenvalue weighted by atomic mass is 10.0. The van der Waals surface area contributed by atoms with Gasteiger partial charge in [0, 0.05) is 36.5 Å². The minimum atomic E-state index is -3.11. The van der Waals surface area contributed by atoms with Crippen LogP contribution in [0.2, 0.25) is 5.02 Å². The number of rotatable bonds is 7. The predicted molar refractivity (Wildman–Crippen MR) is 114 cm³/mol. The number of carbonyl (C=O) groups is 1. The SMILES string of the molecule is CS(=O)(=O)Cc1ccc(C(=O)NCC(c2ccccc2Cl)N2CCOCC2)cc1. The Bertz CT molecular complexity index is 941. The summed E-state index contributed by atoms with van der Waals surface area (Å²) in [6.45, 7) is 3.25. The summed E-state index contributed by atoms with van der Waals surface area (Å²) in [5, 5.41) is 3.66. The summed E-state index contributed by atoms with van der Waals surface area (Å²) in [7, 11) is -3.11. The van der Waals surface area contributed by atoms with Crippen molar-refractivity contribution >= 4 is 27.3 Å². The van der Waals surface area contributed by atoms with Gasteiger partial charge < -0.3 is 10.1 Å². The third-order valence-electron chi connectivity index (χ3n) is 4.85. The van der Waals surface area contributed by atoms with E-state index in [0.717, 1.165) is 18.7 Å². The van der Waals surface area contributed by atoms with Gasteiger partial charge in [0.2, 0.25) is 0 Å². The Hall–Kier alpha value is -1.93. The average Bonchev–Trinajstić information content (AvgIpc) is 2.69. The number of sulfone groups is 1. The van der Waals surface area contributed by atoms with E-state index in [0.29, 0.717) is 35.9 Å². The molecule has 156 valence electrons. The van der Waals surface area contributed by atoms with E-state index in [2.05, 4.69) is 10.2 Å². The molecule has 2 aromatic rings. The molecule has 1 fully saturated rings. The number of hydrogen-bond donors (Lipinski definition) is 1. The zero-order chi connectivity index (χ0) is 20.9. The van der Waals surface area contributed by atoms with Crippen LogP contribution in [-0.2, 0) is 20.3 Å². The van der Waals surface area contributed by atoms with Crippen LogP contribution in [0.1, 0.15) is 27.5 Å². The van der Waals surface area contributed by atoms with Crippen molar-refractivity contribution in [2.45, 2.75) is 11.8 Å². The summed E-state index contributed by atoms with van der Waals surface area (Å²) < 4.78 is 28.3. The van der Waals surface area contributed by atoms with Crippen LogP contribution < -0.4 is 5.32 Å². The molecule has 1 aliphatic heterocycles. The van der Waals surface area contributed by atoms with Crippen molar-refractivity contribution in [2.24, 2.45) is 0 Å². The molecule has 1 saturated heterocycles. The highest BCUT2D eigenvalue weighted by Gasteiger charge is 2.25. The van der Waals surface area contributed by atoms with Crippen LogP contribution in [-0.4, -0.2) is 58.3 Å². The Kier molecular flexibility index (Phi) is 7.29. The zero-order valence-corrected chi connectivity index (χ0v) is 17.9. The van der Waals surface area contributed by atoms with E-state index in [9.17, 15) is 13.2 Å². The molecule has 3 rings (SSSR count). The number of carbonyl (C=O) groups excluding carboxylic acids is 1. The number of benzene rings is 2. The number of nitrogens with zero attached hydrogens (tertiary/aromatic N) is 1. The lowest BCUT2D eigenvalue weighted by Crippen LogP contribution is -2.44. The van der Waals surface area contributed by atoms with Crippen molar-refractivity contribution in [3.8, 4) is 0 Å². The van der Waals surface area contributed by atoms with Crippen LogP contribution in [0.3, 0.4) is 0 Å². The molecule has 0 aromatic heterocycles. The fraction of sp³-hybridized carbons (Fsp3) is 0.381. The van der Waals surface area contributed by atoms with Gasteiger partial charge in [0.15, 0.2) is 9.84 Å². The minimum absolute atomic E-state index is 0.0412. The summed E-state index contributed by atoms with van der Waals surface area (Å²) in [6.07, 6.45) is 1.19. The molecule has 8 heteroatoms. The second-order valence-corrected chi connectivity index (χ2v) is 9.71. The molecule has 0 bridgehead atoms. The van der Waals surface area contributed by atoms with Gasteiger partial charge in [-0.15, -0.1) is 0 Å². The first-order valence-corrected chi connectivity index (χ1v) is 11.9. The van der Waals surface area contributed by atoms with Gasteiger partial charge in [0.1, 0.15) is 0 Å². The summed E-state index contributed by atoms with van der Waals surface area (Å²) in [5.74, 6) is -0.248. The van der Waals surface area contributed by atoms with Gasteiger partial charge in [0.25, 0.3) is 5.91 Å². The molecule has 0 spiro atoms. The van der Waals surface area contributed by atoms with Crippen LogP contribution in [0.5, 0.6) is 0 Å². The van der Waals surface area contributed by atoms with Crippen LogP contribution in [0.4, 0.5) is 0 Å². The van der Waals surface area contributed by atoms with Crippen LogP contribution >= 0.6 is 11.6 Å². The van der Waals surface area contributed by atoms with Gasteiger partial charge in [-0.2, -0.15) is 0 Å². The van der Waals surface area contributed by atoms with Crippen LogP contribution in [0.15, 0.2) is 48.5 Å². The van der Waals surface area contributed by atoms with Crippen molar-refractivity contribution in [2.75, 3.05) is 39.1 Å². The molecule has 0 aliphatic carbocycles. The molecule has 0 radical (unpaired) electrons. The molecule has 1 heterocycles. The molecule has 0 saturated carbocycles. The maximum Gasteiger partial charge on any atom is 0.251 e. The largest absolute Gasteiger partial charge is 0.379 e. The topological polar surface area (TPSA) is 75.7 Å². The number of ether oxygens (including phenoxy) is 1. The molecule has 1 unspecified atom stereocenters. The summed E-state index contributed by atoms with van der Waals surface area (Å²) in [4.78, 5) is 14.9. The van der Waals surface area contributed by atoms with Crippen molar-refractivity contribution in [1.29, 1.82) is 0 Å². The average molecular weight is 437 g/mol. The molecule has 1 atom stereocenters. The smallest absolute Gasteiger partial charge is 0.251 e. The quantitative estimate of drug-likeness (QED) is 0.722. The van der Waals surface area contributed by atoms with Gasteiger partial charge >= 0.3 is 0 Å². The van der Waals surface area contributed by atoms with Gasteiger partial charge in [-0.1, -0.05) is 41.9 Å². The first-order valence-electron chi connectivity index (χ1n) is 9.44. The van der Waals surface area contributed by atoms with E-state index in [1.807, 2.05) is 24.3 Å². The summed E-state index contributed by atoms with van der Waals surface area (Å²) in [5.41, 5.74) is 2.12. The minimum Gasteiger partial charge on any atom is -0.379 e. The van der Waals surface area contributed by atoms with E-state index in [1.54, 1.807) is 24.3 Å². The first-order chi connectivity index (χ1) is 13.8. The zero-order valence-electron chi connectivity index (χ0n) is 16.3. The highest BCUT2D eigenvalue weighted by molar-refractivity contribution is 7.89. The molecule has 2 aromatic carbocycles. The fourth-order valence-electron chi connectivity index (χ4n) is 3.42. The maximum atomic E-state index is 12.6. The highest BCUT2D eigenvalue weighted by atomic mass is 35.5. The highest BCUT2D eigenvalue weighted by Crippen LogP contribution is 2.27. The van der Waals surface area contributed by atoms with Crippen molar-refractivity contribution < 1.29 is 17.9 Å². The lowest BCUT2D eigenvalue weighted by Gasteiger charge is -2.35. The van der Waals surface area contributed by atoms with E-state index < -0.39 is 9.84 Å². The first kappa shape index (κ1) is 21.8. The van der Waals surface area contributed by atoms with Gasteiger partial charge in [-0.25, -0.2) is 8.42 Å². The van der Waals surface area contributed by atoms with Gasteiger partial charge in [-0.05, 0) is 29.3 Å². The Morgan fingerprint density at radius 1 is 1.14 bits per heavy atom. The second-order valence-electron chi connectivity index (χ2n) is 7.16. The van der Waals surface area contributed by atoms with E-state index >= 15 is 0 Å². The number of hydrogen-bond acceptors (Lipinski definition) is 5. The van der Waals surface area contributed by atoms with Crippen molar-refractivity contribution in [3.05, 3.63) is 70.2 Å². The molecule has 1 aliphatic rings. The maximum absolute atomic E-state index is 12.6. The van der Waals surface area contributed by atoms with Gasteiger partial charge in [-0.3, -0.25) is 9.69 Å². The monoisotopic (exact) mass is 436 g/mol. The molecule has 29 heavy (non-hydrogen) atoms. The standard InChI is InChI=1S/C21H25ClN2O4S/c1-29(26,27)15-16-6-8-17(9-7-16)21(25)23-14-20(24-10-12-28-13-11-24)18-4-2-3-5-19(18)22/h2-9,20H,10-15H2,1H3,(H,23,25). The summed E-state index contributed by atoms with van der Waals surface area (Å²) in [6, 6.07) is 14.2. The predicted octanol–water partition coefficient (Wildman–Crippen LogP) is 2.69. The number of morpholine rings is 1. The van der Waals surface area contributed by atoms with Crippen LogP contribution in [0.25, 0.3) is 0 Å². The fourth-order valence-corrected chi connectivity index (χ4v) is 4.48. The summed E-state index contributed by atoms with van der Waals surface area (Å²) >= 11 is 6.42. The van der Waals surface area contributed by atoms with E-state index in [1.165, 1.54) is 6.26 Å². The molecule has 6 nitrogen and oxygen atoms in total. The third kappa shape index (κ3) is 6.27. The Morgan fingerprint density at radius 3 is 2.41 bits per heavy atom. The lowest BCUT2D eigenvalue weighted by molar-refractivity contribution is 0.0162. The number of nitrogens with one attached hydrogen (secondary N) is 1. The van der Waals surface area contributed by atoms with E-state index in [4.69, 9.17) is 16.3 Å². The molecular weight excluding hydrogens is 412 g/mol. The Labute approximate surface area is 176 Å².